The molecule has 3 atom stereocenters. The van der Waals surface area contributed by atoms with Gasteiger partial charge in [-0.3, -0.25) is 24.0 Å². The van der Waals surface area contributed by atoms with Gasteiger partial charge in [0.1, 0.15) is 35.9 Å². The summed E-state index contributed by atoms with van der Waals surface area (Å²) in [7, 11) is 4.68. The lowest BCUT2D eigenvalue weighted by atomic mass is 9.95. The highest BCUT2D eigenvalue weighted by Gasteiger charge is 2.31. The maximum absolute atomic E-state index is 14.3. The number of primary amides is 1. The Morgan fingerprint density at radius 2 is 1.40 bits per heavy atom. The monoisotopic (exact) mass is 794 g/mol. The zero-order chi connectivity index (χ0) is 42.0. The first kappa shape index (κ1) is 44.8. The number of benzene rings is 4. The van der Waals surface area contributed by atoms with E-state index in [0.717, 1.165) is 28.7 Å². The third-order valence-corrected chi connectivity index (χ3v) is 9.80. The topological polar surface area (TPSA) is 159 Å². The second-order valence-corrected chi connectivity index (χ2v) is 14.7. The second kappa shape index (κ2) is 22.8. The Morgan fingerprint density at radius 3 is 2.03 bits per heavy atom. The molecule has 0 fully saturated rings. The minimum atomic E-state index is -1.07. The molecule has 0 unspecified atom stereocenters. The number of hydrogen-bond acceptors (Lipinski definition) is 8. The van der Waals surface area contributed by atoms with Crippen molar-refractivity contribution in [3.05, 3.63) is 114 Å². The van der Waals surface area contributed by atoms with Crippen molar-refractivity contribution < 1.29 is 38.2 Å². The van der Waals surface area contributed by atoms with E-state index in [1.165, 1.54) is 12.2 Å². The molecule has 12 nitrogen and oxygen atoms in total. The number of carbonyl (C=O) groups excluding carboxylic acids is 4. The van der Waals surface area contributed by atoms with E-state index in [9.17, 15) is 19.2 Å². The van der Waals surface area contributed by atoms with Crippen LogP contribution in [0.2, 0.25) is 0 Å². The van der Waals surface area contributed by atoms with Crippen molar-refractivity contribution in [1.29, 1.82) is 0 Å². The highest BCUT2D eigenvalue weighted by Crippen LogP contribution is 2.28. The molecule has 0 saturated heterocycles. The van der Waals surface area contributed by atoms with Gasteiger partial charge in [-0.2, -0.15) is 0 Å². The highest BCUT2D eigenvalue weighted by molar-refractivity contribution is 5.93. The van der Waals surface area contributed by atoms with Crippen molar-refractivity contribution in [3.63, 3.8) is 0 Å². The standard InChI is InChI=1S/C46H58N4O8/c1-7-8-14-36(27-43(51)50(58-30-32-18-21-38(55-4)22-19-32)29-37-20-23-39(56-5)28-42(37)57-6)45(53)49-41(46(54)48-40(44(47)52)24-31(2)3)26-33-13-12-17-35(25-33)34-15-10-9-11-16-34/h9-13,15-23,25,28,31,36,40-41H,7-8,14,24,26-27,29-30H2,1-6H3,(H2,47,52)(H,48,54)(H,49,53)/t36-,40+,41+/m1/s1. The molecule has 0 aliphatic carbocycles. The van der Waals surface area contributed by atoms with Gasteiger partial charge >= 0.3 is 0 Å². The lowest BCUT2D eigenvalue weighted by Gasteiger charge is -2.27. The average molecular weight is 795 g/mol. The summed E-state index contributed by atoms with van der Waals surface area (Å²) in [6.45, 7) is 5.96. The molecule has 12 heteroatoms. The highest BCUT2D eigenvalue weighted by atomic mass is 16.7. The van der Waals surface area contributed by atoms with Gasteiger partial charge in [0, 0.05) is 30.4 Å². The van der Waals surface area contributed by atoms with E-state index in [2.05, 4.69) is 10.6 Å². The molecular formula is C46H58N4O8. The van der Waals surface area contributed by atoms with Crippen LogP contribution >= 0.6 is 0 Å². The van der Waals surface area contributed by atoms with Gasteiger partial charge in [-0.1, -0.05) is 100 Å². The van der Waals surface area contributed by atoms with Crippen LogP contribution in [-0.4, -0.2) is 62.1 Å². The summed E-state index contributed by atoms with van der Waals surface area (Å²) in [5.74, 6) is -1.04. The van der Waals surface area contributed by atoms with E-state index in [1.807, 2.05) is 87.5 Å². The van der Waals surface area contributed by atoms with E-state index < -0.39 is 41.6 Å². The van der Waals surface area contributed by atoms with Crippen LogP contribution in [0.3, 0.4) is 0 Å². The SMILES string of the molecule is CCCC[C@H](CC(=O)N(Cc1ccc(OC)cc1OC)OCc1ccc(OC)cc1)C(=O)N[C@@H](Cc1cccc(-c2ccccc2)c1)C(=O)N[C@@H](CC(C)C)C(N)=O. The van der Waals surface area contributed by atoms with Crippen LogP contribution in [0.5, 0.6) is 17.2 Å². The molecule has 4 rings (SSSR count). The zero-order valence-corrected chi connectivity index (χ0v) is 34.5. The van der Waals surface area contributed by atoms with Gasteiger partial charge in [0.25, 0.3) is 0 Å². The minimum absolute atomic E-state index is 0.0252. The fourth-order valence-corrected chi connectivity index (χ4v) is 6.54. The number of ether oxygens (including phenoxy) is 3. The number of methoxy groups -OCH3 is 3. The smallest absolute Gasteiger partial charge is 0.247 e. The molecule has 0 spiro atoms. The largest absolute Gasteiger partial charge is 0.497 e. The Morgan fingerprint density at radius 1 is 0.724 bits per heavy atom. The first-order chi connectivity index (χ1) is 27.9. The number of hydroxylamine groups is 2. The lowest BCUT2D eigenvalue weighted by Crippen LogP contribution is -2.55. The summed E-state index contributed by atoms with van der Waals surface area (Å²) in [6, 6.07) is 28.2. The maximum atomic E-state index is 14.3. The quantitative estimate of drug-likeness (QED) is 0.0694. The Labute approximate surface area is 342 Å². The number of nitrogens with one attached hydrogen (secondary N) is 2. The van der Waals surface area contributed by atoms with Gasteiger partial charge in [0.15, 0.2) is 0 Å². The summed E-state index contributed by atoms with van der Waals surface area (Å²) in [6.07, 6.45) is 2.12. The third kappa shape index (κ3) is 13.7. The molecule has 4 aromatic carbocycles. The van der Waals surface area contributed by atoms with Crippen molar-refractivity contribution in [1.82, 2.24) is 15.7 Å². The third-order valence-electron chi connectivity index (χ3n) is 9.80. The Balaban J connectivity index is 1.62. The number of rotatable bonds is 23. The molecule has 0 heterocycles. The Hall–Kier alpha value is -5.88. The van der Waals surface area contributed by atoms with Crippen molar-refractivity contribution in [2.45, 2.75) is 84.5 Å². The molecule has 4 amide bonds. The molecule has 4 aromatic rings. The first-order valence-corrected chi connectivity index (χ1v) is 19.8. The Kier molecular flexibility index (Phi) is 17.6. The van der Waals surface area contributed by atoms with Crippen LogP contribution in [0, 0.1) is 11.8 Å². The first-order valence-electron chi connectivity index (χ1n) is 19.8. The van der Waals surface area contributed by atoms with E-state index in [-0.39, 0.29) is 31.9 Å². The fourth-order valence-electron chi connectivity index (χ4n) is 6.54. The van der Waals surface area contributed by atoms with Crippen LogP contribution in [0.25, 0.3) is 11.1 Å². The predicted molar refractivity (Wildman–Crippen MR) is 224 cm³/mol. The average Bonchev–Trinajstić information content (AvgIpc) is 3.23. The molecule has 0 aromatic heterocycles. The summed E-state index contributed by atoms with van der Waals surface area (Å²) in [5, 5.41) is 7.01. The second-order valence-electron chi connectivity index (χ2n) is 14.7. The predicted octanol–water partition coefficient (Wildman–Crippen LogP) is 6.78. The summed E-state index contributed by atoms with van der Waals surface area (Å²) in [4.78, 5) is 61.2. The summed E-state index contributed by atoms with van der Waals surface area (Å²) >= 11 is 0. The molecule has 58 heavy (non-hydrogen) atoms. The molecule has 0 saturated carbocycles. The molecule has 310 valence electrons. The maximum Gasteiger partial charge on any atom is 0.247 e. The van der Waals surface area contributed by atoms with Crippen molar-refractivity contribution in [2.24, 2.45) is 17.6 Å². The van der Waals surface area contributed by atoms with Crippen molar-refractivity contribution in [3.8, 4) is 28.4 Å². The number of unbranched alkanes of at least 4 members (excludes halogenated alkanes) is 1. The lowest BCUT2D eigenvalue weighted by molar-refractivity contribution is -0.197. The normalized spacial score (nSPS) is 12.5. The number of nitrogens with zero attached hydrogens (tertiary/aromatic N) is 1. The summed E-state index contributed by atoms with van der Waals surface area (Å²) < 4.78 is 16.3. The van der Waals surface area contributed by atoms with Crippen LogP contribution in [-0.2, 0) is 43.6 Å². The van der Waals surface area contributed by atoms with Gasteiger partial charge in [-0.15, -0.1) is 0 Å². The molecule has 0 aliphatic heterocycles. The minimum Gasteiger partial charge on any atom is -0.497 e. The van der Waals surface area contributed by atoms with Crippen LogP contribution in [0.1, 0.15) is 69.6 Å². The van der Waals surface area contributed by atoms with Crippen LogP contribution in [0.4, 0.5) is 0 Å². The van der Waals surface area contributed by atoms with E-state index >= 15 is 0 Å². The zero-order valence-electron chi connectivity index (χ0n) is 34.5. The van der Waals surface area contributed by atoms with E-state index in [1.54, 1.807) is 44.6 Å². The van der Waals surface area contributed by atoms with Crippen LogP contribution in [0.15, 0.2) is 97.1 Å². The molecular weight excluding hydrogens is 737 g/mol. The number of amides is 4. The number of hydrogen-bond donors (Lipinski definition) is 3. The fraction of sp³-hybridized carbons (Fsp3) is 0.391. The van der Waals surface area contributed by atoms with Crippen molar-refractivity contribution >= 4 is 23.6 Å². The van der Waals surface area contributed by atoms with Gasteiger partial charge in [0.05, 0.1) is 27.9 Å². The van der Waals surface area contributed by atoms with Gasteiger partial charge < -0.3 is 30.6 Å². The summed E-state index contributed by atoms with van der Waals surface area (Å²) in [5.41, 5.74) is 9.93. The van der Waals surface area contributed by atoms with Crippen molar-refractivity contribution in [2.75, 3.05) is 21.3 Å². The van der Waals surface area contributed by atoms with Gasteiger partial charge in [0.2, 0.25) is 23.6 Å². The van der Waals surface area contributed by atoms with Gasteiger partial charge in [-0.25, -0.2) is 5.06 Å². The van der Waals surface area contributed by atoms with Gasteiger partial charge in [-0.05, 0) is 65.3 Å². The Bertz CT molecular complexity index is 1940. The number of nitrogens with two attached hydrogens (primary N) is 1. The molecule has 0 aliphatic rings. The molecule has 4 N–H and O–H groups in total. The number of carbonyl (C=O) groups is 4. The van der Waals surface area contributed by atoms with Crippen LogP contribution < -0.4 is 30.6 Å². The molecule has 0 radical (unpaired) electrons. The van der Waals surface area contributed by atoms with E-state index in [0.29, 0.717) is 42.1 Å². The van der Waals surface area contributed by atoms with E-state index in [4.69, 9.17) is 24.8 Å². The molecule has 0 bridgehead atoms.